The van der Waals surface area contributed by atoms with Crippen LogP contribution < -0.4 is 9.64 Å². The Morgan fingerprint density at radius 2 is 2.17 bits per heavy atom. The third kappa shape index (κ3) is 2.43. The van der Waals surface area contributed by atoms with Crippen molar-refractivity contribution in [2.24, 2.45) is 0 Å². The molecule has 0 aliphatic carbocycles. The van der Waals surface area contributed by atoms with E-state index in [1.54, 1.807) is 10.8 Å². The first-order chi connectivity index (χ1) is 11.5. The highest BCUT2D eigenvalue weighted by Crippen LogP contribution is 2.36. The van der Waals surface area contributed by atoms with Crippen LogP contribution in [0.15, 0.2) is 28.9 Å². The van der Waals surface area contributed by atoms with Gasteiger partial charge in [0.25, 0.3) is 6.43 Å². The fourth-order valence-electron chi connectivity index (χ4n) is 2.84. The molecule has 1 fully saturated rings. The van der Waals surface area contributed by atoms with Gasteiger partial charge in [-0.25, -0.2) is 23.5 Å². The molecule has 1 aromatic heterocycles. The Morgan fingerprint density at radius 1 is 1.33 bits per heavy atom. The average molecular weight is 400 g/mol. The van der Waals surface area contributed by atoms with Crippen LogP contribution in [0.1, 0.15) is 0 Å². The minimum absolute atomic E-state index is 0.161. The van der Waals surface area contributed by atoms with Gasteiger partial charge < -0.3 is 14.0 Å². The Bertz CT molecular complexity index is 811. The van der Waals surface area contributed by atoms with Crippen LogP contribution in [0.25, 0.3) is 11.4 Å². The molecule has 0 saturated carbocycles. The average Bonchev–Trinajstić information content (AvgIpc) is 3.07. The van der Waals surface area contributed by atoms with Gasteiger partial charge in [-0.1, -0.05) is 15.9 Å². The number of imidazole rings is 1. The third-order valence-corrected chi connectivity index (χ3v) is 4.47. The first-order valence-corrected chi connectivity index (χ1v) is 8.08. The summed E-state index contributed by atoms with van der Waals surface area (Å²) in [5, 5.41) is 0. The molecule has 2 aliphatic heterocycles. The van der Waals surface area contributed by atoms with E-state index < -0.39 is 18.6 Å². The number of halogens is 3. The lowest BCUT2D eigenvalue weighted by atomic mass is 10.2. The zero-order chi connectivity index (χ0) is 16.8. The van der Waals surface area contributed by atoms with Gasteiger partial charge in [0.05, 0.1) is 12.1 Å². The predicted octanol–water partition coefficient (Wildman–Crippen LogP) is 3.30. The number of benzene rings is 1. The largest absolute Gasteiger partial charge is 0.491 e. The predicted molar refractivity (Wildman–Crippen MR) is 84.5 cm³/mol. The van der Waals surface area contributed by atoms with E-state index in [2.05, 4.69) is 20.9 Å². The molecule has 4 rings (SSSR count). The highest BCUT2D eigenvalue weighted by atomic mass is 79.9. The molecule has 0 N–H and O–H groups in total. The summed E-state index contributed by atoms with van der Waals surface area (Å²) in [5.74, 6) is 1.38. The Labute approximate surface area is 144 Å². The van der Waals surface area contributed by atoms with Gasteiger partial charge in [-0.15, -0.1) is 0 Å². The molecule has 24 heavy (non-hydrogen) atoms. The van der Waals surface area contributed by atoms with Crippen LogP contribution in [-0.2, 0) is 11.3 Å². The van der Waals surface area contributed by atoms with Gasteiger partial charge in [-0.3, -0.25) is 0 Å². The van der Waals surface area contributed by atoms with Crippen LogP contribution in [0, 0.1) is 0 Å². The summed E-state index contributed by atoms with van der Waals surface area (Å²) in [6.45, 7) is 0.567. The topological polar surface area (TPSA) is 56.6 Å². The Morgan fingerprint density at radius 3 is 2.96 bits per heavy atom. The number of fused-ring (bicyclic) bond motifs is 3. The Hall–Kier alpha value is -2.16. The van der Waals surface area contributed by atoms with E-state index in [-0.39, 0.29) is 12.4 Å². The maximum absolute atomic E-state index is 13.1. The van der Waals surface area contributed by atoms with Crippen LogP contribution in [0.2, 0.25) is 0 Å². The van der Waals surface area contributed by atoms with Crippen molar-refractivity contribution in [3.63, 3.8) is 0 Å². The van der Waals surface area contributed by atoms with Crippen molar-refractivity contribution >= 4 is 27.8 Å². The van der Waals surface area contributed by atoms with Crippen molar-refractivity contribution in [1.29, 1.82) is 0 Å². The number of ether oxygens (including phenoxy) is 2. The molecule has 9 heteroatoms. The van der Waals surface area contributed by atoms with E-state index in [9.17, 15) is 13.6 Å². The lowest BCUT2D eigenvalue weighted by Gasteiger charge is -2.17. The van der Waals surface area contributed by atoms with Crippen LogP contribution in [0.3, 0.4) is 0 Å². The van der Waals surface area contributed by atoms with Gasteiger partial charge in [0.2, 0.25) is 0 Å². The molecule has 126 valence electrons. The summed E-state index contributed by atoms with van der Waals surface area (Å²) in [7, 11) is 0. The van der Waals surface area contributed by atoms with E-state index in [4.69, 9.17) is 9.47 Å². The van der Waals surface area contributed by atoms with Crippen molar-refractivity contribution in [1.82, 2.24) is 9.55 Å². The van der Waals surface area contributed by atoms with E-state index >= 15 is 0 Å². The van der Waals surface area contributed by atoms with Gasteiger partial charge in [-0.05, 0) is 18.2 Å². The van der Waals surface area contributed by atoms with Gasteiger partial charge >= 0.3 is 6.09 Å². The molecule has 1 unspecified atom stereocenters. The molecule has 0 radical (unpaired) electrons. The third-order valence-electron chi connectivity index (χ3n) is 3.98. The number of carbonyl (C=O) groups excluding carboxylic acids is 1. The number of carbonyl (C=O) groups is 1. The molecule has 1 aromatic carbocycles. The van der Waals surface area contributed by atoms with Crippen molar-refractivity contribution in [2.75, 3.05) is 18.1 Å². The van der Waals surface area contributed by atoms with Crippen molar-refractivity contribution < 1.29 is 23.0 Å². The van der Waals surface area contributed by atoms with E-state index in [1.165, 1.54) is 0 Å². The van der Waals surface area contributed by atoms with Gasteiger partial charge in [0.1, 0.15) is 30.8 Å². The van der Waals surface area contributed by atoms with E-state index in [0.29, 0.717) is 24.7 Å². The number of hydrogen-bond donors (Lipinski definition) is 0. The maximum Gasteiger partial charge on any atom is 0.416 e. The number of cyclic esters (lactones) is 1. The van der Waals surface area contributed by atoms with Crippen molar-refractivity contribution in [2.45, 2.75) is 19.0 Å². The van der Waals surface area contributed by atoms with Crippen LogP contribution in [0.5, 0.6) is 5.75 Å². The summed E-state index contributed by atoms with van der Waals surface area (Å²) in [6.07, 6.45) is -1.93. The molecule has 0 spiro atoms. The zero-order valence-corrected chi connectivity index (χ0v) is 13.9. The number of hydrogen-bond acceptors (Lipinski definition) is 4. The maximum atomic E-state index is 13.1. The SMILES string of the molecule is O=C1OCC(C(F)F)N1c1cn2c(n1)-c1ccc(Br)cc1OCC2. The Balaban J connectivity index is 1.79. The minimum atomic E-state index is -2.70. The fourth-order valence-corrected chi connectivity index (χ4v) is 3.18. The van der Waals surface area contributed by atoms with Crippen LogP contribution in [-0.4, -0.2) is 41.3 Å². The molecule has 2 aromatic rings. The monoisotopic (exact) mass is 399 g/mol. The first kappa shape index (κ1) is 15.4. The number of rotatable bonds is 2. The number of amides is 1. The standard InChI is InChI=1S/C15H12BrF2N3O3/c16-8-1-2-9-11(5-8)23-4-3-20-6-12(19-14(9)20)21-10(13(17)18)7-24-15(21)22/h1-2,5-6,10,13H,3-4,7H2. The molecule has 6 nitrogen and oxygen atoms in total. The second-order valence-electron chi connectivity index (χ2n) is 5.45. The van der Waals surface area contributed by atoms with Crippen molar-refractivity contribution in [3.05, 3.63) is 28.9 Å². The molecule has 1 saturated heterocycles. The lowest BCUT2D eigenvalue weighted by Crippen LogP contribution is -2.38. The van der Waals surface area contributed by atoms with Crippen molar-refractivity contribution in [3.8, 4) is 17.1 Å². The molecule has 1 atom stereocenters. The van der Waals surface area contributed by atoms with Gasteiger partial charge in [0.15, 0.2) is 5.82 Å². The minimum Gasteiger partial charge on any atom is -0.491 e. The molecular formula is C15H12BrF2N3O3. The second-order valence-corrected chi connectivity index (χ2v) is 6.37. The smallest absolute Gasteiger partial charge is 0.416 e. The normalized spacial score (nSPS) is 19.6. The van der Waals surface area contributed by atoms with Gasteiger partial charge in [0, 0.05) is 10.7 Å². The summed E-state index contributed by atoms with van der Waals surface area (Å²) in [6, 6.07) is 4.18. The molecule has 3 heterocycles. The second kappa shape index (κ2) is 5.73. The summed E-state index contributed by atoms with van der Waals surface area (Å²) in [4.78, 5) is 17.2. The zero-order valence-electron chi connectivity index (χ0n) is 12.3. The number of anilines is 1. The van der Waals surface area contributed by atoms with E-state index in [1.807, 2.05) is 18.2 Å². The van der Waals surface area contributed by atoms with Crippen LogP contribution in [0.4, 0.5) is 19.4 Å². The molecule has 0 bridgehead atoms. The highest BCUT2D eigenvalue weighted by Gasteiger charge is 2.42. The van der Waals surface area contributed by atoms with Crippen LogP contribution >= 0.6 is 15.9 Å². The quantitative estimate of drug-likeness (QED) is 0.777. The number of alkyl halides is 2. The lowest BCUT2D eigenvalue weighted by molar-refractivity contribution is 0.104. The fraction of sp³-hybridized carbons (Fsp3) is 0.333. The molecule has 2 aliphatic rings. The first-order valence-electron chi connectivity index (χ1n) is 7.28. The number of nitrogens with zero attached hydrogens (tertiary/aromatic N) is 3. The highest BCUT2D eigenvalue weighted by molar-refractivity contribution is 9.10. The summed E-state index contributed by atoms with van der Waals surface area (Å²) >= 11 is 3.39. The summed E-state index contributed by atoms with van der Waals surface area (Å²) < 4.78 is 39.4. The summed E-state index contributed by atoms with van der Waals surface area (Å²) in [5.41, 5.74) is 0.739. The van der Waals surface area contributed by atoms with E-state index in [0.717, 1.165) is 14.9 Å². The molecule has 1 amide bonds. The molecular weight excluding hydrogens is 388 g/mol. The Kier molecular flexibility index (Phi) is 3.67. The van der Waals surface area contributed by atoms with Gasteiger partial charge in [-0.2, -0.15) is 0 Å². The number of aromatic nitrogens is 2.